The molecule has 31 heavy (non-hydrogen) atoms. The predicted octanol–water partition coefficient (Wildman–Crippen LogP) is 5.01. The van der Waals surface area contributed by atoms with Gasteiger partial charge >= 0.3 is 0 Å². The molecule has 0 fully saturated rings. The zero-order valence-corrected chi connectivity index (χ0v) is 18.3. The number of carbonyl (C=O) groups is 2. The number of amides is 2. The number of para-hydroxylation sites is 1. The van der Waals surface area contributed by atoms with E-state index in [1.54, 1.807) is 36.4 Å². The zero-order valence-electron chi connectivity index (χ0n) is 17.5. The molecule has 1 atom stereocenters. The van der Waals surface area contributed by atoms with E-state index in [0.29, 0.717) is 16.8 Å². The largest absolute Gasteiger partial charge is 0.350 e. The molecule has 3 N–H and O–H groups in total. The standard InChI is InChI=1S/C25H25N3O2S/c1-3-17(2)26-24(30)21-11-7-8-12-22(21)27-25(31)28-23(29)20-15-13-19(14-16-20)18-9-5-4-6-10-18/h4-17H,3H2,1-2H3,(H,26,30)(H2,27,28,29,31). The van der Waals surface area contributed by atoms with E-state index in [1.165, 1.54) is 0 Å². The molecular formula is C25H25N3O2S. The summed E-state index contributed by atoms with van der Waals surface area (Å²) in [7, 11) is 0. The fraction of sp³-hybridized carbons (Fsp3) is 0.160. The van der Waals surface area contributed by atoms with E-state index in [4.69, 9.17) is 12.2 Å². The van der Waals surface area contributed by atoms with E-state index in [0.717, 1.165) is 17.5 Å². The molecule has 0 aromatic heterocycles. The quantitative estimate of drug-likeness (QED) is 0.480. The highest BCUT2D eigenvalue weighted by molar-refractivity contribution is 7.80. The maximum Gasteiger partial charge on any atom is 0.257 e. The molecule has 0 radical (unpaired) electrons. The third-order valence-electron chi connectivity index (χ3n) is 4.89. The summed E-state index contributed by atoms with van der Waals surface area (Å²) < 4.78 is 0. The van der Waals surface area contributed by atoms with Gasteiger partial charge in [-0.25, -0.2) is 0 Å². The van der Waals surface area contributed by atoms with Gasteiger partial charge in [-0.05, 0) is 61.0 Å². The second-order valence-corrected chi connectivity index (χ2v) is 7.59. The lowest BCUT2D eigenvalue weighted by atomic mass is 10.0. The van der Waals surface area contributed by atoms with E-state index in [9.17, 15) is 9.59 Å². The Morgan fingerprint density at radius 1 is 0.839 bits per heavy atom. The minimum Gasteiger partial charge on any atom is -0.350 e. The molecule has 1 unspecified atom stereocenters. The Labute approximate surface area is 187 Å². The van der Waals surface area contributed by atoms with E-state index in [1.807, 2.05) is 56.3 Å². The van der Waals surface area contributed by atoms with Crippen molar-refractivity contribution in [1.29, 1.82) is 0 Å². The molecule has 6 heteroatoms. The minimum atomic E-state index is -0.321. The molecule has 3 aromatic rings. The Morgan fingerprint density at radius 2 is 1.45 bits per heavy atom. The van der Waals surface area contributed by atoms with Crippen molar-refractivity contribution in [1.82, 2.24) is 10.6 Å². The lowest BCUT2D eigenvalue weighted by molar-refractivity contribution is 0.0938. The summed E-state index contributed by atoms with van der Waals surface area (Å²) in [6, 6.07) is 24.4. The summed E-state index contributed by atoms with van der Waals surface area (Å²) in [6.45, 7) is 3.95. The minimum absolute atomic E-state index is 0.0612. The maximum absolute atomic E-state index is 12.6. The molecule has 0 spiro atoms. The molecule has 0 heterocycles. The van der Waals surface area contributed by atoms with Crippen molar-refractivity contribution >= 4 is 34.8 Å². The lowest BCUT2D eigenvalue weighted by Gasteiger charge is -2.16. The summed E-state index contributed by atoms with van der Waals surface area (Å²) in [5, 5.41) is 8.69. The number of anilines is 1. The molecule has 0 aliphatic rings. The van der Waals surface area contributed by atoms with Gasteiger partial charge in [-0.15, -0.1) is 0 Å². The molecule has 2 amide bonds. The first-order valence-corrected chi connectivity index (χ1v) is 10.6. The number of benzene rings is 3. The van der Waals surface area contributed by atoms with Gasteiger partial charge in [0.25, 0.3) is 11.8 Å². The van der Waals surface area contributed by atoms with E-state index in [2.05, 4.69) is 16.0 Å². The van der Waals surface area contributed by atoms with Crippen molar-refractivity contribution in [3.63, 3.8) is 0 Å². The average Bonchev–Trinajstić information content (AvgIpc) is 2.79. The lowest BCUT2D eigenvalue weighted by Crippen LogP contribution is -2.36. The number of hydrogen-bond acceptors (Lipinski definition) is 3. The van der Waals surface area contributed by atoms with Crippen LogP contribution >= 0.6 is 12.2 Å². The van der Waals surface area contributed by atoms with Crippen LogP contribution in [0.15, 0.2) is 78.9 Å². The number of nitrogens with one attached hydrogen (secondary N) is 3. The van der Waals surface area contributed by atoms with Crippen LogP contribution in [0.1, 0.15) is 41.0 Å². The molecule has 5 nitrogen and oxygen atoms in total. The Morgan fingerprint density at radius 3 is 2.13 bits per heavy atom. The van der Waals surface area contributed by atoms with Gasteiger partial charge in [0.05, 0.1) is 11.3 Å². The van der Waals surface area contributed by atoms with Crippen LogP contribution in [0.2, 0.25) is 0 Å². The van der Waals surface area contributed by atoms with Crippen LogP contribution in [-0.4, -0.2) is 23.0 Å². The SMILES string of the molecule is CCC(C)NC(=O)c1ccccc1NC(=S)NC(=O)c1ccc(-c2ccccc2)cc1. The van der Waals surface area contributed by atoms with Crippen molar-refractivity contribution in [2.45, 2.75) is 26.3 Å². The molecule has 0 bridgehead atoms. The maximum atomic E-state index is 12.6. The van der Waals surface area contributed by atoms with Gasteiger partial charge in [-0.3, -0.25) is 14.9 Å². The molecule has 3 aromatic carbocycles. The highest BCUT2D eigenvalue weighted by atomic mass is 32.1. The van der Waals surface area contributed by atoms with Gasteiger partial charge in [0, 0.05) is 11.6 Å². The van der Waals surface area contributed by atoms with Crippen molar-refractivity contribution < 1.29 is 9.59 Å². The summed E-state index contributed by atoms with van der Waals surface area (Å²) in [5.74, 6) is -0.512. The van der Waals surface area contributed by atoms with E-state index in [-0.39, 0.29) is 23.0 Å². The van der Waals surface area contributed by atoms with Crippen LogP contribution < -0.4 is 16.0 Å². The number of carbonyl (C=O) groups excluding carboxylic acids is 2. The van der Waals surface area contributed by atoms with Crippen LogP contribution in [-0.2, 0) is 0 Å². The molecule has 3 rings (SSSR count). The van der Waals surface area contributed by atoms with Crippen LogP contribution in [0.3, 0.4) is 0 Å². The molecule has 0 aliphatic carbocycles. The summed E-state index contributed by atoms with van der Waals surface area (Å²) in [5.41, 5.74) is 3.60. The van der Waals surface area contributed by atoms with Gasteiger partial charge in [0.15, 0.2) is 5.11 Å². The van der Waals surface area contributed by atoms with Crippen molar-refractivity contribution in [3.8, 4) is 11.1 Å². The molecule has 0 saturated carbocycles. The van der Waals surface area contributed by atoms with Crippen LogP contribution in [0.25, 0.3) is 11.1 Å². The number of thiocarbonyl (C=S) groups is 1. The summed E-state index contributed by atoms with van der Waals surface area (Å²) in [6.07, 6.45) is 0.832. The third kappa shape index (κ3) is 5.99. The second kappa shape index (κ2) is 10.5. The smallest absolute Gasteiger partial charge is 0.257 e. The third-order valence-corrected chi connectivity index (χ3v) is 5.10. The molecule has 158 valence electrons. The van der Waals surface area contributed by atoms with Crippen LogP contribution in [0.4, 0.5) is 5.69 Å². The van der Waals surface area contributed by atoms with Gasteiger partial charge in [0.1, 0.15) is 0 Å². The van der Waals surface area contributed by atoms with E-state index < -0.39 is 0 Å². The first-order chi connectivity index (χ1) is 15.0. The highest BCUT2D eigenvalue weighted by Gasteiger charge is 2.15. The molecule has 0 aliphatic heterocycles. The number of hydrogen-bond donors (Lipinski definition) is 3. The predicted molar refractivity (Wildman–Crippen MR) is 129 cm³/mol. The Kier molecular flexibility index (Phi) is 7.51. The Balaban J connectivity index is 1.65. The monoisotopic (exact) mass is 431 g/mol. The summed E-state index contributed by atoms with van der Waals surface area (Å²) >= 11 is 5.30. The van der Waals surface area contributed by atoms with Crippen LogP contribution in [0, 0.1) is 0 Å². The second-order valence-electron chi connectivity index (χ2n) is 7.18. The average molecular weight is 432 g/mol. The van der Waals surface area contributed by atoms with Crippen molar-refractivity contribution in [3.05, 3.63) is 90.0 Å². The summed E-state index contributed by atoms with van der Waals surface area (Å²) in [4.78, 5) is 25.1. The van der Waals surface area contributed by atoms with Crippen LogP contribution in [0.5, 0.6) is 0 Å². The molecule has 0 saturated heterocycles. The zero-order chi connectivity index (χ0) is 22.2. The van der Waals surface area contributed by atoms with Gasteiger partial charge in [-0.1, -0.05) is 61.5 Å². The topological polar surface area (TPSA) is 70.2 Å². The Bertz CT molecular complexity index is 1070. The van der Waals surface area contributed by atoms with E-state index >= 15 is 0 Å². The number of rotatable bonds is 6. The first-order valence-electron chi connectivity index (χ1n) is 10.2. The highest BCUT2D eigenvalue weighted by Crippen LogP contribution is 2.19. The fourth-order valence-electron chi connectivity index (χ4n) is 2.97. The van der Waals surface area contributed by atoms with Crippen molar-refractivity contribution in [2.24, 2.45) is 0 Å². The van der Waals surface area contributed by atoms with Gasteiger partial charge in [-0.2, -0.15) is 0 Å². The fourth-order valence-corrected chi connectivity index (χ4v) is 3.17. The van der Waals surface area contributed by atoms with Gasteiger partial charge < -0.3 is 10.6 Å². The van der Waals surface area contributed by atoms with Crippen molar-refractivity contribution in [2.75, 3.05) is 5.32 Å². The Hall–Kier alpha value is -3.51. The van der Waals surface area contributed by atoms with Gasteiger partial charge in [0.2, 0.25) is 0 Å². The first kappa shape index (κ1) is 22.2. The normalized spacial score (nSPS) is 11.3. The molecular weight excluding hydrogens is 406 g/mol.